The average Bonchev–Trinajstić information content (AvgIpc) is 3.59. The Kier molecular flexibility index (Phi) is 6.45. The van der Waals surface area contributed by atoms with Crippen LogP contribution in [0.1, 0.15) is 94.9 Å². The molecule has 4 unspecified atom stereocenters. The van der Waals surface area contributed by atoms with Crippen LogP contribution in [0.25, 0.3) is 21.9 Å². The van der Waals surface area contributed by atoms with Crippen molar-refractivity contribution >= 4 is 27.8 Å². The molecule has 6 aliphatic rings. The summed E-state index contributed by atoms with van der Waals surface area (Å²) in [6.45, 7) is 9.79. The maximum atomic E-state index is 7.04. The van der Waals surface area contributed by atoms with E-state index >= 15 is 0 Å². The number of fused-ring (bicyclic) bond motifs is 10. The highest BCUT2D eigenvalue weighted by atomic mass is 16.5. The third-order valence-corrected chi connectivity index (χ3v) is 16.1. The highest BCUT2D eigenvalue weighted by Gasteiger charge is 2.79. The predicted octanol–water partition coefficient (Wildman–Crippen LogP) is 14.2. The Morgan fingerprint density at radius 2 is 1.18 bits per heavy atom. The Balaban J connectivity index is 1.08. The summed E-state index contributed by atoms with van der Waals surface area (Å²) in [4.78, 5) is 2.62. The third kappa shape index (κ3) is 4.27. The van der Waals surface area contributed by atoms with Crippen molar-refractivity contribution in [3.05, 3.63) is 150 Å². The van der Waals surface area contributed by atoms with Crippen molar-refractivity contribution in [3.63, 3.8) is 0 Å². The zero-order valence-corrected chi connectivity index (χ0v) is 32.7. The molecule has 5 aliphatic carbocycles. The first-order chi connectivity index (χ1) is 26.7. The fourth-order valence-electron chi connectivity index (χ4n) is 13.9. The average molecular weight is 718 g/mol. The molecular weight excluding hydrogens is 667 g/mol. The van der Waals surface area contributed by atoms with E-state index in [0.29, 0.717) is 17.3 Å². The molecule has 3 bridgehead atoms. The van der Waals surface area contributed by atoms with E-state index in [1.165, 1.54) is 106 Å². The smallest absolute Gasteiger partial charge is 0.133 e. The molecule has 12 rings (SSSR count). The van der Waals surface area contributed by atoms with Crippen molar-refractivity contribution in [2.45, 2.75) is 88.9 Å². The largest absolute Gasteiger partial charge is 0.457 e. The maximum Gasteiger partial charge on any atom is 0.133 e. The Morgan fingerprint density at radius 1 is 0.527 bits per heavy atom. The van der Waals surface area contributed by atoms with Crippen LogP contribution >= 0.6 is 0 Å². The third-order valence-electron chi connectivity index (χ3n) is 16.1. The van der Waals surface area contributed by atoms with Crippen molar-refractivity contribution in [3.8, 4) is 22.6 Å². The molecule has 4 fully saturated rings. The molecule has 2 spiro atoms. The lowest BCUT2D eigenvalue weighted by molar-refractivity contribution is -0.0878. The van der Waals surface area contributed by atoms with Gasteiger partial charge in [0.1, 0.15) is 11.5 Å². The summed E-state index contributed by atoms with van der Waals surface area (Å²) in [5.41, 5.74) is 12.8. The molecule has 2 nitrogen and oxygen atoms in total. The van der Waals surface area contributed by atoms with Gasteiger partial charge >= 0.3 is 0 Å². The second-order valence-electron chi connectivity index (χ2n) is 19.7. The fourth-order valence-corrected chi connectivity index (χ4v) is 13.9. The summed E-state index contributed by atoms with van der Waals surface area (Å²) in [6.07, 6.45) is 9.46. The zero-order chi connectivity index (χ0) is 36.9. The molecule has 4 saturated carbocycles. The van der Waals surface area contributed by atoms with Crippen LogP contribution in [0.3, 0.4) is 0 Å². The van der Waals surface area contributed by atoms with Gasteiger partial charge in [-0.25, -0.2) is 0 Å². The molecule has 55 heavy (non-hydrogen) atoms. The quantitative estimate of drug-likeness (QED) is 0.180. The Morgan fingerprint density at radius 3 is 1.96 bits per heavy atom. The van der Waals surface area contributed by atoms with E-state index in [9.17, 15) is 0 Å². The topological polar surface area (TPSA) is 12.5 Å². The van der Waals surface area contributed by atoms with Gasteiger partial charge in [-0.05, 0) is 166 Å². The second kappa shape index (κ2) is 10.9. The number of hydrogen-bond donors (Lipinski definition) is 0. The predicted molar refractivity (Wildman–Crippen MR) is 226 cm³/mol. The summed E-state index contributed by atoms with van der Waals surface area (Å²) < 4.78 is 7.04. The van der Waals surface area contributed by atoms with Crippen LogP contribution < -0.4 is 9.64 Å². The molecule has 6 aromatic rings. The van der Waals surface area contributed by atoms with Crippen LogP contribution in [0.2, 0.25) is 0 Å². The maximum absolute atomic E-state index is 7.04. The SMILES string of the molecule is CC1(C)CCC(C)(C)c2cc(N(c3ccc(-c4ccc5ccccc5c4)cc3)c3cccc4c3C3(c5ccccc5O4)C4CC5CC6CC3C4(C5)C6)ccc21. The Bertz CT molecular complexity index is 2530. The van der Waals surface area contributed by atoms with Gasteiger partial charge in [0, 0.05) is 27.9 Å². The summed E-state index contributed by atoms with van der Waals surface area (Å²) in [5.74, 6) is 5.22. The lowest BCUT2D eigenvalue weighted by Gasteiger charge is -2.67. The van der Waals surface area contributed by atoms with Gasteiger partial charge in [-0.3, -0.25) is 0 Å². The lowest BCUT2D eigenvalue weighted by Crippen LogP contribution is -2.64. The summed E-state index contributed by atoms with van der Waals surface area (Å²) in [5, 5.41) is 2.56. The number of rotatable bonds is 4. The second-order valence-corrected chi connectivity index (χ2v) is 19.7. The van der Waals surface area contributed by atoms with E-state index in [2.05, 4.69) is 160 Å². The fraction of sp³-hybridized carbons (Fsp3) is 0.358. The number of ether oxygens (including phenoxy) is 1. The Labute approximate surface area is 326 Å². The van der Waals surface area contributed by atoms with E-state index in [1.807, 2.05) is 0 Å². The van der Waals surface area contributed by atoms with Crippen LogP contribution in [-0.2, 0) is 16.2 Å². The first kappa shape index (κ1) is 32.4. The molecule has 0 radical (unpaired) electrons. The summed E-state index contributed by atoms with van der Waals surface area (Å²) >= 11 is 0. The normalized spacial score (nSPS) is 29.5. The molecule has 1 aliphatic heterocycles. The van der Waals surface area contributed by atoms with Gasteiger partial charge in [0.15, 0.2) is 0 Å². The highest BCUT2D eigenvalue weighted by Crippen LogP contribution is 2.85. The standard InChI is InChI=1S/C53H51NO/c1-50(2)24-25-51(3,4)43-30-40(22-23-41(43)50)54(39-20-18-36(19-21-39)38-17-16-35-10-5-6-11-37(35)29-38)44-13-9-15-46-49(44)53(42-12-7-8-14-45(42)55-46)47-27-33-26-34-28-48(53)52(47,31-33)32-34/h5-23,29-30,33-34,47-48H,24-28,31-32H2,1-4H3. The van der Waals surface area contributed by atoms with E-state index in [-0.39, 0.29) is 16.2 Å². The molecule has 0 amide bonds. The number of para-hydroxylation sites is 1. The zero-order valence-electron chi connectivity index (χ0n) is 32.7. The van der Waals surface area contributed by atoms with Crippen molar-refractivity contribution in [1.82, 2.24) is 0 Å². The van der Waals surface area contributed by atoms with Gasteiger partial charge < -0.3 is 9.64 Å². The minimum Gasteiger partial charge on any atom is -0.457 e. The van der Waals surface area contributed by atoms with Crippen molar-refractivity contribution < 1.29 is 4.74 Å². The minimum absolute atomic E-state index is 0.0382. The van der Waals surface area contributed by atoms with E-state index < -0.39 is 0 Å². The van der Waals surface area contributed by atoms with Crippen LogP contribution in [0.4, 0.5) is 17.1 Å². The number of nitrogens with zero attached hydrogens (tertiary/aromatic N) is 1. The molecule has 2 heteroatoms. The molecule has 274 valence electrons. The molecule has 1 heterocycles. The molecular formula is C53H51NO. The van der Waals surface area contributed by atoms with Gasteiger partial charge in [0.2, 0.25) is 0 Å². The summed E-state index contributed by atoms with van der Waals surface area (Å²) in [6, 6.07) is 48.5. The number of hydrogen-bond acceptors (Lipinski definition) is 2. The van der Waals surface area contributed by atoms with Crippen molar-refractivity contribution in [1.29, 1.82) is 0 Å². The van der Waals surface area contributed by atoms with Crippen LogP contribution in [0, 0.1) is 29.1 Å². The van der Waals surface area contributed by atoms with E-state index in [1.54, 1.807) is 0 Å². The van der Waals surface area contributed by atoms with Crippen LogP contribution in [-0.4, -0.2) is 0 Å². The Hall–Kier alpha value is -4.82. The van der Waals surface area contributed by atoms with Gasteiger partial charge in [-0.15, -0.1) is 0 Å². The number of anilines is 3. The summed E-state index contributed by atoms with van der Waals surface area (Å²) in [7, 11) is 0. The van der Waals surface area contributed by atoms with Crippen molar-refractivity contribution in [2.24, 2.45) is 29.1 Å². The first-order valence-corrected chi connectivity index (χ1v) is 21.1. The van der Waals surface area contributed by atoms with E-state index in [4.69, 9.17) is 4.74 Å². The molecule has 4 atom stereocenters. The van der Waals surface area contributed by atoms with Gasteiger partial charge in [0.05, 0.1) is 5.69 Å². The van der Waals surface area contributed by atoms with Gasteiger partial charge in [-0.1, -0.05) is 107 Å². The lowest BCUT2D eigenvalue weighted by atomic mass is 9.37. The van der Waals surface area contributed by atoms with Gasteiger partial charge in [0.25, 0.3) is 0 Å². The molecule has 0 N–H and O–H groups in total. The molecule has 0 aromatic heterocycles. The van der Waals surface area contributed by atoms with Crippen molar-refractivity contribution in [2.75, 3.05) is 4.90 Å². The van der Waals surface area contributed by atoms with Crippen LogP contribution in [0.5, 0.6) is 11.5 Å². The highest BCUT2D eigenvalue weighted by molar-refractivity contribution is 5.89. The monoisotopic (exact) mass is 717 g/mol. The molecule has 6 aromatic carbocycles. The van der Waals surface area contributed by atoms with Crippen LogP contribution in [0.15, 0.2) is 127 Å². The number of benzene rings is 6. The minimum atomic E-state index is -0.0382. The van der Waals surface area contributed by atoms with E-state index in [0.717, 1.165) is 23.3 Å². The first-order valence-electron chi connectivity index (χ1n) is 21.1. The van der Waals surface area contributed by atoms with Gasteiger partial charge in [-0.2, -0.15) is 0 Å². The molecule has 0 saturated heterocycles.